The molecule has 102 valence electrons. The number of benzene rings is 3. The van der Waals surface area contributed by atoms with Gasteiger partial charge in [-0.2, -0.15) is 0 Å². The van der Waals surface area contributed by atoms with Gasteiger partial charge in [0, 0.05) is 10.3 Å². The van der Waals surface area contributed by atoms with E-state index in [0.717, 1.165) is 26.9 Å². The lowest BCUT2D eigenvalue weighted by molar-refractivity contribution is -0.115. The van der Waals surface area contributed by atoms with Gasteiger partial charge in [0.25, 0.3) is 0 Å². The fourth-order valence-electron chi connectivity index (χ4n) is 2.70. The molecule has 1 aliphatic rings. The third-order valence-electron chi connectivity index (χ3n) is 3.72. The van der Waals surface area contributed by atoms with Crippen molar-refractivity contribution in [2.75, 3.05) is 5.32 Å². The summed E-state index contributed by atoms with van der Waals surface area (Å²) in [5, 5.41) is 5.16. The number of thioether (sulfide) groups is 1. The molecule has 0 aromatic heterocycles. The number of rotatable bonds is 1. The van der Waals surface area contributed by atoms with Crippen molar-refractivity contribution >= 4 is 34.1 Å². The van der Waals surface area contributed by atoms with Crippen molar-refractivity contribution in [3.8, 4) is 0 Å². The van der Waals surface area contributed by atoms with E-state index in [1.165, 1.54) is 0 Å². The van der Waals surface area contributed by atoms with Crippen LogP contribution < -0.4 is 5.32 Å². The standard InChI is InChI=1S/C18H13NOS/c20-18-17(13-7-2-1-3-8-13)21-15-11-10-12-6-4-5-9-14(12)16(15)19-18/h1-11,17H,(H,19,20). The molecule has 0 bridgehead atoms. The smallest absolute Gasteiger partial charge is 0.242 e. The highest BCUT2D eigenvalue weighted by Gasteiger charge is 2.29. The molecule has 1 atom stereocenters. The van der Waals surface area contributed by atoms with E-state index >= 15 is 0 Å². The molecular formula is C18H13NOS. The van der Waals surface area contributed by atoms with Crippen molar-refractivity contribution in [1.82, 2.24) is 0 Å². The molecule has 1 aliphatic heterocycles. The number of fused-ring (bicyclic) bond motifs is 3. The summed E-state index contributed by atoms with van der Waals surface area (Å²) in [4.78, 5) is 13.6. The minimum atomic E-state index is -0.181. The van der Waals surface area contributed by atoms with E-state index in [0.29, 0.717) is 0 Å². The van der Waals surface area contributed by atoms with Crippen LogP contribution in [-0.2, 0) is 4.79 Å². The van der Waals surface area contributed by atoms with Crippen LogP contribution in [0.2, 0.25) is 0 Å². The Balaban J connectivity index is 1.82. The fourth-order valence-corrected chi connectivity index (χ4v) is 3.83. The van der Waals surface area contributed by atoms with Gasteiger partial charge < -0.3 is 5.32 Å². The first-order valence-corrected chi connectivity index (χ1v) is 7.75. The second-order valence-corrected chi connectivity index (χ2v) is 6.20. The largest absolute Gasteiger partial charge is 0.323 e. The zero-order valence-electron chi connectivity index (χ0n) is 11.2. The Morgan fingerprint density at radius 1 is 0.857 bits per heavy atom. The Hall–Kier alpha value is -2.26. The van der Waals surface area contributed by atoms with Gasteiger partial charge >= 0.3 is 0 Å². The zero-order chi connectivity index (χ0) is 14.2. The van der Waals surface area contributed by atoms with Gasteiger partial charge in [0.2, 0.25) is 5.91 Å². The SMILES string of the molecule is O=C1Nc2c(ccc3ccccc23)SC1c1ccccc1. The van der Waals surface area contributed by atoms with Crippen LogP contribution in [0.4, 0.5) is 5.69 Å². The molecule has 0 saturated heterocycles. The summed E-state index contributed by atoms with van der Waals surface area (Å²) in [7, 11) is 0. The van der Waals surface area contributed by atoms with Gasteiger partial charge in [0.05, 0.1) is 5.69 Å². The van der Waals surface area contributed by atoms with Gasteiger partial charge in [-0.05, 0) is 17.0 Å². The van der Waals surface area contributed by atoms with E-state index in [2.05, 4.69) is 29.6 Å². The molecule has 1 unspecified atom stereocenters. The predicted octanol–water partition coefficient (Wildman–Crippen LogP) is 4.63. The minimum absolute atomic E-state index is 0.0510. The molecule has 0 saturated carbocycles. The third kappa shape index (κ3) is 2.10. The number of amides is 1. The number of carbonyl (C=O) groups excluding carboxylic acids is 1. The van der Waals surface area contributed by atoms with Crippen molar-refractivity contribution < 1.29 is 4.79 Å². The average molecular weight is 291 g/mol. The molecule has 0 fully saturated rings. The number of carbonyl (C=O) groups is 1. The number of nitrogens with one attached hydrogen (secondary N) is 1. The van der Waals surface area contributed by atoms with Crippen LogP contribution in [0, 0.1) is 0 Å². The molecule has 3 aromatic carbocycles. The summed E-state index contributed by atoms with van der Waals surface area (Å²) < 4.78 is 0. The maximum atomic E-state index is 12.5. The molecule has 0 radical (unpaired) electrons. The molecule has 0 aliphatic carbocycles. The van der Waals surface area contributed by atoms with Crippen molar-refractivity contribution in [2.24, 2.45) is 0 Å². The van der Waals surface area contributed by atoms with Gasteiger partial charge in [-0.1, -0.05) is 60.7 Å². The zero-order valence-corrected chi connectivity index (χ0v) is 12.1. The third-order valence-corrected chi connectivity index (χ3v) is 5.04. The van der Waals surface area contributed by atoms with E-state index in [-0.39, 0.29) is 11.2 Å². The summed E-state index contributed by atoms with van der Waals surface area (Å²) in [5.41, 5.74) is 1.98. The Bertz CT molecular complexity index is 829. The molecule has 3 heteroatoms. The first-order chi connectivity index (χ1) is 10.3. The molecule has 1 N–H and O–H groups in total. The number of hydrogen-bond donors (Lipinski definition) is 1. The summed E-state index contributed by atoms with van der Waals surface area (Å²) >= 11 is 1.62. The lowest BCUT2D eigenvalue weighted by Crippen LogP contribution is -2.23. The second-order valence-electron chi connectivity index (χ2n) is 5.06. The van der Waals surface area contributed by atoms with E-state index in [1.807, 2.05) is 42.5 Å². The Kier molecular flexibility index (Phi) is 2.93. The van der Waals surface area contributed by atoms with Gasteiger partial charge in [-0.25, -0.2) is 0 Å². The lowest BCUT2D eigenvalue weighted by atomic mass is 10.1. The Morgan fingerprint density at radius 3 is 2.48 bits per heavy atom. The second kappa shape index (κ2) is 4.93. The van der Waals surface area contributed by atoms with Crippen LogP contribution in [0.25, 0.3) is 10.8 Å². The first kappa shape index (κ1) is 12.5. The summed E-state index contributed by atoms with van der Waals surface area (Å²) in [6.07, 6.45) is 0. The summed E-state index contributed by atoms with van der Waals surface area (Å²) in [6.45, 7) is 0. The number of anilines is 1. The van der Waals surface area contributed by atoms with E-state index in [4.69, 9.17) is 0 Å². The molecule has 1 heterocycles. The Labute approximate surface area is 127 Å². The van der Waals surface area contributed by atoms with Crippen LogP contribution in [0.1, 0.15) is 10.8 Å². The van der Waals surface area contributed by atoms with Crippen molar-refractivity contribution in [2.45, 2.75) is 10.1 Å². The molecule has 4 rings (SSSR count). The van der Waals surface area contributed by atoms with E-state index in [1.54, 1.807) is 11.8 Å². The topological polar surface area (TPSA) is 29.1 Å². The molecule has 2 nitrogen and oxygen atoms in total. The molecular weight excluding hydrogens is 278 g/mol. The van der Waals surface area contributed by atoms with Crippen LogP contribution in [0.5, 0.6) is 0 Å². The number of hydrogen-bond acceptors (Lipinski definition) is 2. The average Bonchev–Trinajstić information content (AvgIpc) is 2.55. The highest BCUT2D eigenvalue weighted by molar-refractivity contribution is 8.00. The van der Waals surface area contributed by atoms with E-state index in [9.17, 15) is 4.79 Å². The van der Waals surface area contributed by atoms with Crippen molar-refractivity contribution in [1.29, 1.82) is 0 Å². The van der Waals surface area contributed by atoms with Gasteiger partial charge in [-0.3, -0.25) is 4.79 Å². The Morgan fingerprint density at radius 2 is 1.62 bits per heavy atom. The monoisotopic (exact) mass is 291 g/mol. The van der Waals surface area contributed by atoms with Crippen LogP contribution in [0.15, 0.2) is 71.6 Å². The lowest BCUT2D eigenvalue weighted by Gasteiger charge is -2.25. The first-order valence-electron chi connectivity index (χ1n) is 6.87. The van der Waals surface area contributed by atoms with E-state index < -0.39 is 0 Å². The molecule has 1 amide bonds. The van der Waals surface area contributed by atoms with Crippen LogP contribution in [0.3, 0.4) is 0 Å². The molecule has 3 aromatic rings. The molecule has 0 spiro atoms. The van der Waals surface area contributed by atoms with Gasteiger partial charge in [-0.15, -0.1) is 11.8 Å². The minimum Gasteiger partial charge on any atom is -0.323 e. The maximum absolute atomic E-state index is 12.5. The normalized spacial score (nSPS) is 17.3. The summed E-state index contributed by atoms with van der Waals surface area (Å²) in [5.74, 6) is 0.0510. The molecule has 21 heavy (non-hydrogen) atoms. The summed E-state index contributed by atoms with van der Waals surface area (Å²) in [6, 6.07) is 22.3. The highest BCUT2D eigenvalue weighted by Crippen LogP contribution is 2.46. The quantitative estimate of drug-likeness (QED) is 0.708. The predicted molar refractivity (Wildman–Crippen MR) is 87.6 cm³/mol. The van der Waals surface area contributed by atoms with Gasteiger partial charge in [0.1, 0.15) is 5.25 Å². The van der Waals surface area contributed by atoms with Gasteiger partial charge in [0.15, 0.2) is 0 Å². The van der Waals surface area contributed by atoms with Crippen molar-refractivity contribution in [3.05, 3.63) is 72.3 Å². The maximum Gasteiger partial charge on any atom is 0.242 e. The van der Waals surface area contributed by atoms with Crippen molar-refractivity contribution in [3.63, 3.8) is 0 Å². The van der Waals surface area contributed by atoms with Crippen LogP contribution >= 0.6 is 11.8 Å². The van der Waals surface area contributed by atoms with Crippen LogP contribution in [-0.4, -0.2) is 5.91 Å². The highest BCUT2D eigenvalue weighted by atomic mass is 32.2. The fraction of sp³-hybridized carbons (Fsp3) is 0.0556.